The van der Waals surface area contributed by atoms with Gasteiger partial charge in [0.25, 0.3) is 0 Å². The number of hydrogen-bond donors (Lipinski definition) is 2. The van der Waals surface area contributed by atoms with Crippen molar-refractivity contribution in [1.82, 2.24) is 0 Å². The molecule has 0 bridgehead atoms. The fraction of sp³-hybridized carbons (Fsp3) is 0.667. The van der Waals surface area contributed by atoms with Crippen LogP contribution in [0.1, 0.15) is 56.8 Å². The Bertz CT molecular complexity index is 1100. The number of carbonyl (C=O) groups excluding carboxylic acids is 3. The van der Waals surface area contributed by atoms with Gasteiger partial charge in [0.15, 0.2) is 11.6 Å². The van der Waals surface area contributed by atoms with Crippen molar-refractivity contribution in [2.75, 3.05) is 6.56 Å². The molecule has 0 saturated heterocycles. The van der Waals surface area contributed by atoms with Gasteiger partial charge in [-0.1, -0.05) is 25.5 Å². The standard InChI is InChI=1S/C21H26O5/c1-19-7-5-13(23)9-12(19)3-4-14-15-6-8-21(26,17(25)11-22)20(15,2)10-16(24)18(14)19/h5,7,9,14-15,18,22,26H,3-4,6,8,10-11H2,1-2H3/t14-,15-,18+,19-,20-,21-/m0/s1/i3D,5D,9D,10D2,11D2,18D/t3-,14-,15-,18+,19-,20-,21-. The normalized spacial score (nSPS) is 60.5. The van der Waals surface area contributed by atoms with Crippen LogP contribution in [0.25, 0.3) is 0 Å². The molecular weight excluding hydrogens is 332 g/mol. The lowest BCUT2D eigenvalue weighted by Gasteiger charge is -2.56. The highest BCUT2D eigenvalue weighted by atomic mass is 16.3. The Hall–Kier alpha value is -1.59. The van der Waals surface area contributed by atoms with Gasteiger partial charge in [0.05, 0.1) is 5.48 Å². The highest BCUT2D eigenvalue weighted by Gasteiger charge is 2.68. The average Bonchev–Trinajstić information content (AvgIpc) is 2.99. The first-order chi connectivity index (χ1) is 15.2. The predicted molar refractivity (Wildman–Crippen MR) is 94.0 cm³/mol. The first-order valence-corrected chi connectivity index (χ1v) is 8.66. The Morgan fingerprint density at radius 1 is 1.46 bits per heavy atom. The second kappa shape index (κ2) is 5.46. The number of fused-ring (bicyclic) bond motifs is 5. The summed E-state index contributed by atoms with van der Waals surface area (Å²) in [5.74, 6) is -8.48. The molecule has 7 atom stereocenters. The molecule has 5 heteroatoms. The number of Topliss-reactive ketones (excluding diaryl/α,β-unsaturated/α-hetero) is 2. The number of rotatable bonds is 2. The van der Waals surface area contributed by atoms with Gasteiger partial charge in [-0.2, -0.15) is 0 Å². The van der Waals surface area contributed by atoms with Crippen LogP contribution in [0.4, 0.5) is 0 Å². The molecule has 26 heavy (non-hydrogen) atoms. The van der Waals surface area contributed by atoms with E-state index in [-0.39, 0.29) is 18.4 Å². The smallest absolute Gasteiger partial charge is 0.190 e. The van der Waals surface area contributed by atoms with Gasteiger partial charge < -0.3 is 10.2 Å². The van der Waals surface area contributed by atoms with Crippen LogP contribution in [0.5, 0.6) is 0 Å². The fourth-order valence-corrected chi connectivity index (χ4v) is 5.34. The number of aliphatic hydroxyl groups is 2. The van der Waals surface area contributed by atoms with Crippen LogP contribution < -0.4 is 0 Å². The van der Waals surface area contributed by atoms with Crippen molar-refractivity contribution in [3.63, 3.8) is 0 Å². The third-order valence-electron chi connectivity index (χ3n) is 6.80. The quantitative estimate of drug-likeness (QED) is 0.777. The monoisotopic (exact) mass is 366 g/mol. The summed E-state index contributed by atoms with van der Waals surface area (Å²) in [5.41, 5.74) is -6.95. The second-order valence-corrected chi connectivity index (χ2v) is 7.92. The topological polar surface area (TPSA) is 91.7 Å². The predicted octanol–water partition coefficient (Wildman–Crippen LogP) is 1.77. The van der Waals surface area contributed by atoms with Gasteiger partial charge in [-0.05, 0) is 49.6 Å². The molecule has 140 valence electrons. The number of allylic oxidation sites excluding steroid dienone is 4. The molecule has 0 spiro atoms. The van der Waals surface area contributed by atoms with Gasteiger partial charge in [-0.3, -0.25) is 14.4 Å². The summed E-state index contributed by atoms with van der Waals surface area (Å²) in [6, 6.07) is -1.29. The Kier molecular flexibility index (Phi) is 2.24. The summed E-state index contributed by atoms with van der Waals surface area (Å²) in [7, 11) is 0. The molecule has 0 aliphatic heterocycles. The molecule has 0 aromatic rings. The molecule has 2 N–H and O–H groups in total. The van der Waals surface area contributed by atoms with E-state index in [4.69, 9.17) is 9.60 Å². The SMILES string of the molecule is [2H]C1=C[C@@]2(C)C(=C([2H])C1=O)[C@@H]([2H])C[C@H]1[C@@H]3CC[C@](O)(C(=O)C([2H])([2H])O)[C@@]3(C)C([2H])([2H])C(=O)[C@@]12[2H]. The highest BCUT2D eigenvalue weighted by Crippen LogP contribution is 2.66. The summed E-state index contributed by atoms with van der Waals surface area (Å²) < 4.78 is 66.6. The average molecular weight is 366 g/mol. The molecule has 0 heterocycles. The van der Waals surface area contributed by atoms with Crippen LogP contribution in [-0.2, 0) is 14.4 Å². The van der Waals surface area contributed by atoms with Gasteiger partial charge in [-0.15, -0.1) is 0 Å². The third-order valence-corrected chi connectivity index (χ3v) is 6.80. The molecule has 4 aliphatic carbocycles. The molecule has 5 nitrogen and oxygen atoms in total. The zero-order valence-electron chi connectivity index (χ0n) is 22.5. The zero-order chi connectivity index (χ0) is 26.0. The maximum atomic E-state index is 13.9. The lowest BCUT2D eigenvalue weighted by Crippen LogP contribution is -2.60. The minimum atomic E-state index is -3.50. The molecule has 3 saturated carbocycles. The zero-order valence-corrected chi connectivity index (χ0v) is 14.5. The van der Waals surface area contributed by atoms with Crippen molar-refractivity contribution >= 4 is 17.3 Å². The van der Waals surface area contributed by atoms with Crippen LogP contribution >= 0.6 is 0 Å². The van der Waals surface area contributed by atoms with Crippen molar-refractivity contribution in [3.05, 3.63) is 23.8 Å². The van der Waals surface area contributed by atoms with Crippen molar-refractivity contribution in [3.8, 4) is 0 Å². The van der Waals surface area contributed by atoms with E-state index in [1.807, 2.05) is 0 Å². The molecule has 3 fully saturated rings. The van der Waals surface area contributed by atoms with E-state index in [1.165, 1.54) is 6.92 Å². The summed E-state index contributed by atoms with van der Waals surface area (Å²) >= 11 is 0. The minimum Gasteiger partial charge on any atom is -0.388 e. The van der Waals surface area contributed by atoms with Crippen LogP contribution in [0.15, 0.2) is 23.8 Å². The van der Waals surface area contributed by atoms with E-state index in [0.29, 0.717) is 0 Å². The second-order valence-electron chi connectivity index (χ2n) is 7.92. The molecule has 0 radical (unpaired) electrons. The summed E-state index contributed by atoms with van der Waals surface area (Å²) in [4.78, 5) is 39.0. The van der Waals surface area contributed by atoms with E-state index in [9.17, 15) is 26.0 Å². The summed E-state index contributed by atoms with van der Waals surface area (Å²) in [6.45, 7) is -1.02. The molecule has 0 unspecified atom stereocenters. The van der Waals surface area contributed by atoms with Gasteiger partial charge in [0, 0.05) is 28.6 Å². The Balaban J connectivity index is 1.99. The first kappa shape index (κ1) is 10.7. The lowest BCUT2D eigenvalue weighted by molar-refractivity contribution is -0.168. The van der Waals surface area contributed by atoms with Gasteiger partial charge in [0.2, 0.25) is 0 Å². The fourth-order valence-electron chi connectivity index (χ4n) is 5.34. The molecule has 0 aromatic heterocycles. The van der Waals surface area contributed by atoms with Crippen molar-refractivity contribution < 1.29 is 35.6 Å². The lowest BCUT2D eigenvalue weighted by atomic mass is 9.46. The van der Waals surface area contributed by atoms with Gasteiger partial charge >= 0.3 is 0 Å². The van der Waals surface area contributed by atoms with Crippen molar-refractivity contribution in [2.45, 2.75) is 51.5 Å². The third kappa shape index (κ3) is 2.01. The van der Waals surface area contributed by atoms with E-state index in [0.717, 1.165) is 13.0 Å². The minimum absolute atomic E-state index is 0.0845. The molecule has 4 aliphatic rings. The Morgan fingerprint density at radius 3 is 2.88 bits per heavy atom. The largest absolute Gasteiger partial charge is 0.388 e. The molecule has 0 aromatic carbocycles. The first-order valence-electron chi connectivity index (χ1n) is 12.7. The molecule has 4 rings (SSSR count). The molecule has 0 amide bonds. The van der Waals surface area contributed by atoms with Crippen molar-refractivity contribution in [2.24, 2.45) is 28.6 Å². The van der Waals surface area contributed by atoms with Crippen LogP contribution in [0, 0.1) is 28.6 Å². The van der Waals surface area contributed by atoms with Crippen LogP contribution in [0.2, 0.25) is 0 Å². The summed E-state index contributed by atoms with van der Waals surface area (Å²) in [6.07, 6.45) is -4.04. The molecular formula is C21H26O5. The Labute approximate surface area is 164 Å². The number of hydrogen-bond acceptors (Lipinski definition) is 5. The van der Waals surface area contributed by atoms with Crippen molar-refractivity contribution in [1.29, 1.82) is 0 Å². The summed E-state index contributed by atoms with van der Waals surface area (Å²) in [5, 5.41) is 21.1. The van der Waals surface area contributed by atoms with E-state index >= 15 is 0 Å². The van der Waals surface area contributed by atoms with E-state index in [1.54, 1.807) is 0 Å². The van der Waals surface area contributed by atoms with E-state index in [2.05, 4.69) is 0 Å². The van der Waals surface area contributed by atoms with Gasteiger partial charge in [0.1, 0.15) is 17.9 Å². The number of ketones is 3. The van der Waals surface area contributed by atoms with Crippen LogP contribution in [0.3, 0.4) is 0 Å². The Morgan fingerprint density at radius 2 is 2.19 bits per heavy atom. The number of carbonyl (C=O) groups is 3. The maximum absolute atomic E-state index is 13.9. The highest BCUT2D eigenvalue weighted by molar-refractivity contribution is 6.02. The van der Waals surface area contributed by atoms with E-state index < -0.39 is 89.4 Å². The maximum Gasteiger partial charge on any atom is 0.190 e. The van der Waals surface area contributed by atoms with Gasteiger partial charge in [-0.25, -0.2) is 0 Å². The van der Waals surface area contributed by atoms with Crippen LogP contribution in [-0.4, -0.2) is 39.7 Å².